The fourth-order valence-electron chi connectivity index (χ4n) is 2.66. The topological polar surface area (TPSA) is 97.6 Å². The number of anilines is 1. The summed E-state index contributed by atoms with van der Waals surface area (Å²) >= 11 is 6.15. The summed E-state index contributed by atoms with van der Waals surface area (Å²) in [5.74, 6) is 1.05. The SMILES string of the molecule is COc1ccc(-c2noc(CCC(=O)Nc3cc(C(=O)N(C)C)ccc3Cl)n2)cc1. The Kier molecular flexibility index (Phi) is 6.68. The van der Waals surface area contributed by atoms with Gasteiger partial charge in [-0.15, -0.1) is 0 Å². The molecule has 1 aromatic heterocycles. The first-order valence-corrected chi connectivity index (χ1v) is 9.53. The van der Waals surface area contributed by atoms with Crippen LogP contribution in [0.1, 0.15) is 22.7 Å². The smallest absolute Gasteiger partial charge is 0.253 e. The molecule has 0 saturated heterocycles. The van der Waals surface area contributed by atoms with Crippen molar-refractivity contribution < 1.29 is 18.8 Å². The number of aryl methyl sites for hydroxylation is 1. The molecule has 8 nitrogen and oxygen atoms in total. The number of nitrogens with zero attached hydrogens (tertiary/aromatic N) is 3. The Bertz CT molecular complexity index is 1050. The summed E-state index contributed by atoms with van der Waals surface area (Å²) in [6.45, 7) is 0. The average Bonchev–Trinajstić information content (AvgIpc) is 3.22. The predicted molar refractivity (Wildman–Crippen MR) is 113 cm³/mol. The molecule has 0 aliphatic rings. The maximum Gasteiger partial charge on any atom is 0.253 e. The van der Waals surface area contributed by atoms with Gasteiger partial charge < -0.3 is 19.5 Å². The fraction of sp³-hybridized carbons (Fsp3) is 0.238. The number of benzene rings is 2. The second-order valence-corrected chi connectivity index (χ2v) is 7.09. The first-order valence-electron chi connectivity index (χ1n) is 9.15. The Morgan fingerprint density at radius 3 is 2.57 bits per heavy atom. The molecular weight excluding hydrogens is 408 g/mol. The quantitative estimate of drug-likeness (QED) is 0.616. The van der Waals surface area contributed by atoms with Gasteiger partial charge in [0.25, 0.3) is 5.91 Å². The van der Waals surface area contributed by atoms with Gasteiger partial charge in [-0.05, 0) is 42.5 Å². The monoisotopic (exact) mass is 428 g/mol. The van der Waals surface area contributed by atoms with Crippen molar-refractivity contribution in [2.45, 2.75) is 12.8 Å². The molecule has 2 aromatic carbocycles. The second kappa shape index (κ2) is 9.41. The number of aromatic nitrogens is 2. The standard InChI is InChI=1S/C21H21ClN4O4/c1-26(2)21(28)14-6-9-16(22)17(12-14)23-18(27)10-11-19-24-20(25-30-19)13-4-7-15(29-3)8-5-13/h4-9,12H,10-11H2,1-3H3,(H,23,27). The molecule has 0 spiro atoms. The van der Waals surface area contributed by atoms with E-state index in [1.165, 1.54) is 4.90 Å². The summed E-state index contributed by atoms with van der Waals surface area (Å²) in [6.07, 6.45) is 0.384. The van der Waals surface area contributed by atoms with Crippen molar-refractivity contribution in [3.05, 3.63) is 58.9 Å². The third-order valence-corrected chi connectivity index (χ3v) is 4.61. The maximum atomic E-state index is 12.3. The third kappa shape index (κ3) is 5.15. The molecule has 3 aromatic rings. The molecule has 30 heavy (non-hydrogen) atoms. The lowest BCUT2D eigenvalue weighted by atomic mass is 10.1. The summed E-state index contributed by atoms with van der Waals surface area (Å²) in [5.41, 5.74) is 1.59. The van der Waals surface area contributed by atoms with Gasteiger partial charge in [0.1, 0.15) is 5.75 Å². The molecule has 0 aliphatic heterocycles. The molecule has 2 amide bonds. The molecule has 9 heteroatoms. The van der Waals surface area contributed by atoms with Crippen LogP contribution >= 0.6 is 11.6 Å². The van der Waals surface area contributed by atoms with E-state index in [1.54, 1.807) is 51.5 Å². The minimum absolute atomic E-state index is 0.117. The average molecular weight is 429 g/mol. The third-order valence-electron chi connectivity index (χ3n) is 4.28. The minimum atomic E-state index is -0.282. The highest BCUT2D eigenvalue weighted by molar-refractivity contribution is 6.33. The Labute approximate surface area is 178 Å². The lowest BCUT2D eigenvalue weighted by Gasteiger charge is -2.12. The van der Waals surface area contributed by atoms with Gasteiger partial charge >= 0.3 is 0 Å². The predicted octanol–water partition coefficient (Wildman–Crippen LogP) is 3.67. The van der Waals surface area contributed by atoms with Gasteiger partial charge in [0.05, 0.1) is 17.8 Å². The van der Waals surface area contributed by atoms with E-state index in [9.17, 15) is 9.59 Å². The molecule has 1 N–H and O–H groups in total. The van der Waals surface area contributed by atoms with Gasteiger partial charge in [-0.25, -0.2) is 0 Å². The van der Waals surface area contributed by atoms with E-state index < -0.39 is 0 Å². The number of amides is 2. The van der Waals surface area contributed by atoms with Crippen molar-refractivity contribution in [3.8, 4) is 17.1 Å². The van der Waals surface area contributed by atoms with Crippen molar-refractivity contribution in [2.24, 2.45) is 0 Å². The number of hydrogen-bond acceptors (Lipinski definition) is 6. The molecule has 156 valence electrons. The normalized spacial score (nSPS) is 10.5. The zero-order valence-corrected chi connectivity index (χ0v) is 17.6. The van der Waals surface area contributed by atoms with Gasteiger partial charge in [0.2, 0.25) is 17.6 Å². The number of carbonyl (C=O) groups excluding carboxylic acids is 2. The molecule has 0 bridgehead atoms. The summed E-state index contributed by atoms with van der Waals surface area (Å²) in [6, 6.07) is 12.0. The van der Waals surface area contributed by atoms with Crippen LogP contribution in [0.4, 0.5) is 5.69 Å². The first kappa shape index (κ1) is 21.3. The van der Waals surface area contributed by atoms with Gasteiger partial charge in [-0.3, -0.25) is 9.59 Å². The van der Waals surface area contributed by atoms with Crippen molar-refractivity contribution in [1.82, 2.24) is 15.0 Å². The van der Waals surface area contributed by atoms with E-state index in [-0.39, 0.29) is 24.7 Å². The van der Waals surface area contributed by atoms with E-state index in [0.29, 0.717) is 28.0 Å². The molecule has 3 rings (SSSR count). The lowest BCUT2D eigenvalue weighted by Crippen LogP contribution is -2.22. The molecular formula is C21H21ClN4O4. The van der Waals surface area contributed by atoms with Crippen molar-refractivity contribution in [3.63, 3.8) is 0 Å². The van der Waals surface area contributed by atoms with E-state index in [0.717, 1.165) is 11.3 Å². The number of nitrogens with one attached hydrogen (secondary N) is 1. The Hall–Kier alpha value is -3.39. The van der Waals surface area contributed by atoms with Crippen LogP contribution in [-0.2, 0) is 11.2 Å². The second-order valence-electron chi connectivity index (χ2n) is 6.68. The number of methoxy groups -OCH3 is 1. The van der Waals surface area contributed by atoms with E-state index in [4.69, 9.17) is 20.9 Å². The molecule has 1 heterocycles. The number of halogens is 1. The Balaban J connectivity index is 1.60. The molecule has 0 radical (unpaired) electrons. The summed E-state index contributed by atoms with van der Waals surface area (Å²) in [5, 5.41) is 7.01. The summed E-state index contributed by atoms with van der Waals surface area (Å²) < 4.78 is 10.4. The van der Waals surface area contributed by atoms with Crippen LogP contribution in [0.3, 0.4) is 0 Å². The number of hydrogen-bond donors (Lipinski definition) is 1. The van der Waals surface area contributed by atoms with Gasteiger partial charge in [0.15, 0.2) is 0 Å². The van der Waals surface area contributed by atoms with E-state index in [2.05, 4.69) is 15.5 Å². The summed E-state index contributed by atoms with van der Waals surface area (Å²) in [4.78, 5) is 30.2. The molecule has 0 aliphatic carbocycles. The minimum Gasteiger partial charge on any atom is -0.497 e. The fourth-order valence-corrected chi connectivity index (χ4v) is 2.82. The molecule has 0 fully saturated rings. The van der Waals surface area contributed by atoms with E-state index in [1.807, 2.05) is 12.1 Å². The van der Waals surface area contributed by atoms with Crippen LogP contribution in [0.5, 0.6) is 5.75 Å². The van der Waals surface area contributed by atoms with E-state index >= 15 is 0 Å². The van der Waals surface area contributed by atoms with Gasteiger partial charge in [0, 0.05) is 38.1 Å². The van der Waals surface area contributed by atoms with Crippen molar-refractivity contribution in [1.29, 1.82) is 0 Å². The molecule has 0 unspecified atom stereocenters. The largest absolute Gasteiger partial charge is 0.497 e. The van der Waals surface area contributed by atoms with Crippen LogP contribution in [0.2, 0.25) is 5.02 Å². The molecule has 0 saturated carbocycles. The number of rotatable bonds is 7. The van der Waals surface area contributed by atoms with Crippen LogP contribution in [0.15, 0.2) is 47.0 Å². The van der Waals surface area contributed by atoms with Crippen LogP contribution in [-0.4, -0.2) is 48.1 Å². The lowest BCUT2D eigenvalue weighted by molar-refractivity contribution is -0.116. The number of carbonyl (C=O) groups is 2. The Morgan fingerprint density at radius 1 is 1.17 bits per heavy atom. The van der Waals surface area contributed by atoms with Crippen LogP contribution in [0.25, 0.3) is 11.4 Å². The van der Waals surface area contributed by atoms with Crippen molar-refractivity contribution >= 4 is 29.1 Å². The zero-order chi connectivity index (χ0) is 21.7. The highest BCUT2D eigenvalue weighted by Crippen LogP contribution is 2.24. The van der Waals surface area contributed by atoms with Gasteiger partial charge in [-0.1, -0.05) is 16.8 Å². The maximum absolute atomic E-state index is 12.3. The highest BCUT2D eigenvalue weighted by atomic mass is 35.5. The molecule has 0 atom stereocenters. The Morgan fingerprint density at radius 2 is 1.90 bits per heavy atom. The number of ether oxygens (including phenoxy) is 1. The highest BCUT2D eigenvalue weighted by Gasteiger charge is 2.14. The van der Waals surface area contributed by atoms with Crippen molar-refractivity contribution in [2.75, 3.05) is 26.5 Å². The van der Waals surface area contributed by atoms with Crippen LogP contribution < -0.4 is 10.1 Å². The summed E-state index contributed by atoms with van der Waals surface area (Å²) in [7, 11) is 4.90. The van der Waals surface area contributed by atoms with Gasteiger partial charge in [-0.2, -0.15) is 4.98 Å². The van der Waals surface area contributed by atoms with Crippen LogP contribution in [0, 0.1) is 0 Å². The zero-order valence-electron chi connectivity index (χ0n) is 16.8. The first-order chi connectivity index (χ1) is 14.4.